The van der Waals surface area contributed by atoms with Crippen molar-refractivity contribution in [1.82, 2.24) is 0 Å². The summed E-state index contributed by atoms with van der Waals surface area (Å²) in [4.78, 5) is 0. The molecular weight excluding hydrogens is 132 g/mol. The predicted octanol–water partition coefficient (Wildman–Crippen LogP) is 1.26. The second kappa shape index (κ2) is 2.20. The second-order valence-corrected chi connectivity index (χ2v) is 2.24. The Balaban J connectivity index is 2.61. The minimum absolute atomic E-state index is 0.0347. The Kier molecular flexibility index (Phi) is 1.55. The van der Waals surface area contributed by atoms with Crippen molar-refractivity contribution in [1.29, 1.82) is 0 Å². The summed E-state index contributed by atoms with van der Waals surface area (Å²) < 4.78 is 11.0. The molecule has 0 saturated carbocycles. The molecule has 0 atom stereocenters. The van der Waals surface area contributed by atoms with E-state index in [1.165, 1.54) is 0 Å². The summed E-state index contributed by atoms with van der Waals surface area (Å²) in [6, 6.07) is 0. The fourth-order valence-electron chi connectivity index (χ4n) is 0.469. The predicted molar refractivity (Wildman–Crippen MR) is 22.5 cm³/mol. The van der Waals surface area contributed by atoms with Gasteiger partial charge in [0.25, 0.3) is 0 Å². The molecule has 0 spiro atoms. The molecule has 0 amide bonds. The normalized spacial score (nSPS) is 17.4. The molecule has 0 aromatic heterocycles. The Bertz CT molecular complexity index is 135. The van der Waals surface area contributed by atoms with Gasteiger partial charge in [-0.05, 0) is 0 Å². The van der Waals surface area contributed by atoms with E-state index in [1.54, 1.807) is 0 Å². The van der Waals surface area contributed by atoms with Crippen molar-refractivity contribution in [2.45, 2.75) is 6.42 Å². The van der Waals surface area contributed by atoms with Crippen LogP contribution >= 0.6 is 0 Å². The van der Waals surface area contributed by atoms with Gasteiger partial charge in [-0.2, -0.15) is 0 Å². The molecule has 1 aliphatic rings. The van der Waals surface area contributed by atoms with Crippen LogP contribution in [0.4, 0.5) is 0 Å². The van der Waals surface area contributed by atoms with Crippen LogP contribution in [0.2, 0.25) is 0 Å². The molecule has 0 radical (unpaired) electrons. The van der Waals surface area contributed by atoms with Gasteiger partial charge in [0.1, 0.15) is 0 Å². The zero-order valence-electron chi connectivity index (χ0n) is 3.70. The molecule has 1 aliphatic carbocycles. The van der Waals surface area contributed by atoms with Crippen molar-refractivity contribution >= 4 is 0 Å². The molecule has 0 aromatic carbocycles. The fraction of sp³-hybridized carbons (Fsp3) is 0.200. The van der Waals surface area contributed by atoms with Gasteiger partial charge < -0.3 is 0 Å². The third-order valence-corrected chi connectivity index (χ3v) is 1.51. The molecule has 2 heteroatoms. The molecule has 0 N–H and O–H groups in total. The first kappa shape index (κ1) is 4.95. The molecule has 0 heterocycles. The van der Waals surface area contributed by atoms with E-state index in [4.69, 9.17) is 0 Å². The van der Waals surface area contributed by atoms with Gasteiger partial charge in [-0.1, -0.05) is 0 Å². The van der Waals surface area contributed by atoms with Crippen LogP contribution in [0.5, 0.6) is 0 Å². The number of allylic oxidation sites excluding steroid dienone is 4. The third-order valence-electron chi connectivity index (χ3n) is 0.810. The SMILES string of the molecule is [O]=[Fe][C]1=CC=CC1. The summed E-state index contributed by atoms with van der Waals surface area (Å²) in [5, 5.41) is 0. The van der Waals surface area contributed by atoms with Gasteiger partial charge in [0.15, 0.2) is 0 Å². The Hall–Kier alpha value is -0.201. The molecule has 7 heavy (non-hydrogen) atoms. The van der Waals surface area contributed by atoms with E-state index in [0.717, 1.165) is 10.9 Å². The van der Waals surface area contributed by atoms with E-state index in [-0.39, 0.29) is 14.9 Å². The van der Waals surface area contributed by atoms with Crippen LogP contribution < -0.4 is 0 Å². The van der Waals surface area contributed by atoms with Crippen LogP contribution in [0.1, 0.15) is 6.42 Å². The van der Waals surface area contributed by atoms with Crippen LogP contribution in [0.25, 0.3) is 0 Å². The molecular formula is C5H5FeO. The fourth-order valence-corrected chi connectivity index (χ4v) is 0.873. The zero-order chi connectivity index (χ0) is 5.11. The van der Waals surface area contributed by atoms with Crippen LogP contribution in [-0.4, -0.2) is 0 Å². The van der Waals surface area contributed by atoms with E-state index in [9.17, 15) is 3.83 Å². The van der Waals surface area contributed by atoms with E-state index in [2.05, 4.69) is 0 Å². The van der Waals surface area contributed by atoms with E-state index in [1.807, 2.05) is 18.2 Å². The molecule has 0 aliphatic heterocycles. The maximum atomic E-state index is 10.0. The molecule has 0 bridgehead atoms. The Morgan fingerprint density at radius 1 is 1.71 bits per heavy atom. The van der Waals surface area contributed by atoms with Crippen molar-refractivity contribution in [2.24, 2.45) is 0 Å². The van der Waals surface area contributed by atoms with Gasteiger partial charge in [-0.3, -0.25) is 0 Å². The third kappa shape index (κ3) is 1.08. The first-order valence-electron chi connectivity index (χ1n) is 2.04. The molecule has 0 fully saturated rings. The van der Waals surface area contributed by atoms with E-state index in [0.29, 0.717) is 0 Å². The van der Waals surface area contributed by atoms with Crippen molar-refractivity contribution in [2.75, 3.05) is 0 Å². The second-order valence-electron chi connectivity index (χ2n) is 1.30. The average Bonchev–Trinajstić information content (AvgIpc) is 2.14. The van der Waals surface area contributed by atoms with Crippen molar-refractivity contribution in [3.63, 3.8) is 0 Å². The molecule has 39 valence electrons. The number of rotatable bonds is 1. The molecule has 0 aromatic rings. The van der Waals surface area contributed by atoms with Gasteiger partial charge in [0.05, 0.1) is 0 Å². The maximum absolute atomic E-state index is 10.0. The van der Waals surface area contributed by atoms with Crippen molar-refractivity contribution < 1.29 is 18.7 Å². The summed E-state index contributed by atoms with van der Waals surface area (Å²) in [7, 11) is 0. The number of hydrogen-bond acceptors (Lipinski definition) is 1. The standard InChI is InChI=1S/C5H5.Fe.O/c1-2-4-5-3-1;;/h1-3H,4H2;;. The Morgan fingerprint density at radius 3 is 2.86 bits per heavy atom. The monoisotopic (exact) mass is 137 g/mol. The van der Waals surface area contributed by atoms with Crippen LogP contribution in [0, 0.1) is 0 Å². The van der Waals surface area contributed by atoms with Gasteiger partial charge in [0.2, 0.25) is 0 Å². The number of hydrogen-bond donors (Lipinski definition) is 0. The molecule has 0 saturated heterocycles. The van der Waals surface area contributed by atoms with Crippen molar-refractivity contribution in [3.8, 4) is 0 Å². The van der Waals surface area contributed by atoms with Crippen LogP contribution in [-0.2, 0) is 18.7 Å². The Morgan fingerprint density at radius 2 is 2.57 bits per heavy atom. The summed E-state index contributed by atoms with van der Waals surface area (Å²) >= 11 is -0.0347. The summed E-state index contributed by atoms with van der Waals surface area (Å²) in [6.07, 6.45) is 6.68. The Labute approximate surface area is 48.5 Å². The summed E-state index contributed by atoms with van der Waals surface area (Å²) in [5.74, 6) is 0. The van der Waals surface area contributed by atoms with E-state index < -0.39 is 0 Å². The van der Waals surface area contributed by atoms with E-state index >= 15 is 0 Å². The first-order chi connectivity index (χ1) is 3.43. The minimum atomic E-state index is -0.0347. The average molecular weight is 137 g/mol. The van der Waals surface area contributed by atoms with Gasteiger partial charge in [-0.25, -0.2) is 0 Å². The summed E-state index contributed by atoms with van der Waals surface area (Å²) in [6.45, 7) is 0. The van der Waals surface area contributed by atoms with Crippen LogP contribution in [0.3, 0.4) is 0 Å². The summed E-state index contributed by atoms with van der Waals surface area (Å²) in [5.41, 5.74) is 0. The topological polar surface area (TPSA) is 17.1 Å². The molecule has 1 nitrogen and oxygen atoms in total. The molecule has 0 unspecified atom stereocenters. The quantitative estimate of drug-likeness (QED) is 0.497. The van der Waals surface area contributed by atoms with Gasteiger partial charge in [-0.15, -0.1) is 0 Å². The van der Waals surface area contributed by atoms with Crippen molar-refractivity contribution in [3.05, 3.63) is 22.7 Å². The molecule has 1 rings (SSSR count). The van der Waals surface area contributed by atoms with Crippen LogP contribution in [0.15, 0.2) is 22.7 Å². The van der Waals surface area contributed by atoms with Gasteiger partial charge >= 0.3 is 47.8 Å². The first-order valence-corrected chi connectivity index (χ1v) is 3.04. The zero-order valence-corrected chi connectivity index (χ0v) is 4.81. The van der Waals surface area contributed by atoms with Gasteiger partial charge in [0, 0.05) is 0 Å².